The number of cyclic esters (lactones) is 1. The van der Waals surface area contributed by atoms with Crippen molar-refractivity contribution in [2.45, 2.75) is 16.2 Å². The van der Waals surface area contributed by atoms with Crippen LogP contribution >= 0.6 is 34.7 Å². The quantitative estimate of drug-likeness (QED) is 0.485. The van der Waals surface area contributed by atoms with Crippen LogP contribution in [0.1, 0.15) is 16.4 Å². The highest BCUT2D eigenvalue weighted by molar-refractivity contribution is 8.00. The summed E-state index contributed by atoms with van der Waals surface area (Å²) in [6.07, 6.45) is 0. The van der Waals surface area contributed by atoms with E-state index in [1.165, 1.54) is 30.0 Å². The maximum atomic E-state index is 12.2. The molecule has 1 saturated heterocycles. The van der Waals surface area contributed by atoms with Crippen molar-refractivity contribution in [2.24, 2.45) is 5.92 Å². The van der Waals surface area contributed by atoms with Crippen LogP contribution in [0.15, 0.2) is 28.0 Å². The Labute approximate surface area is 148 Å². The largest absolute Gasteiger partial charge is 0.464 e. The Balaban J connectivity index is 1.94. The number of H-pyrrole nitrogens is 1. The van der Waals surface area contributed by atoms with Crippen LogP contribution in [0.2, 0.25) is 5.02 Å². The number of aromatic amines is 1. The summed E-state index contributed by atoms with van der Waals surface area (Å²) >= 11 is 8.68. The van der Waals surface area contributed by atoms with Crippen molar-refractivity contribution in [1.29, 1.82) is 0 Å². The first-order chi connectivity index (χ1) is 11.5. The molecule has 2 aromatic rings. The molecule has 24 heavy (non-hydrogen) atoms. The van der Waals surface area contributed by atoms with E-state index in [9.17, 15) is 19.7 Å². The molecular formula is C14H9ClN2O5S2. The number of fused-ring (bicyclic) bond motifs is 2. The van der Waals surface area contributed by atoms with Gasteiger partial charge in [-0.2, -0.15) is 0 Å². The topological polar surface area (TPSA) is 102 Å². The van der Waals surface area contributed by atoms with Crippen molar-refractivity contribution >= 4 is 46.4 Å². The first-order valence-electron chi connectivity index (χ1n) is 6.96. The van der Waals surface area contributed by atoms with Gasteiger partial charge in [-0.3, -0.25) is 19.7 Å². The Bertz CT molecular complexity index is 924. The number of carbonyl (C=O) groups excluding carboxylic acids is 1. The minimum absolute atomic E-state index is 0.111. The van der Waals surface area contributed by atoms with Crippen LogP contribution in [0.3, 0.4) is 0 Å². The maximum Gasteiger partial charge on any atom is 0.311 e. The predicted molar refractivity (Wildman–Crippen MR) is 89.0 cm³/mol. The molecule has 124 valence electrons. The fraction of sp³-hybridized carbons (Fsp3) is 0.286. The first-order valence-corrected chi connectivity index (χ1v) is 9.03. The van der Waals surface area contributed by atoms with Gasteiger partial charge in [0.2, 0.25) is 0 Å². The predicted octanol–water partition coefficient (Wildman–Crippen LogP) is 2.78. The lowest BCUT2D eigenvalue weighted by molar-refractivity contribution is -0.384. The molecule has 1 N–H and O–H groups in total. The molecule has 1 fully saturated rings. The number of nitrogens with zero attached hydrogens (tertiary/aromatic N) is 1. The normalized spacial score (nSPS) is 25.0. The molecule has 2 aliphatic rings. The zero-order valence-electron chi connectivity index (χ0n) is 11.9. The van der Waals surface area contributed by atoms with Gasteiger partial charge in [0, 0.05) is 28.0 Å². The van der Waals surface area contributed by atoms with E-state index in [0.29, 0.717) is 20.5 Å². The Morgan fingerprint density at radius 3 is 2.92 bits per heavy atom. The number of non-ortho nitro benzene ring substituents is 1. The molecule has 3 atom stereocenters. The monoisotopic (exact) mass is 384 g/mol. The number of halogens is 1. The number of carbonyl (C=O) groups is 1. The van der Waals surface area contributed by atoms with E-state index >= 15 is 0 Å². The second-order valence-corrected chi connectivity index (χ2v) is 8.13. The molecule has 0 amide bonds. The zero-order chi connectivity index (χ0) is 17.0. The number of hydrogen-bond acceptors (Lipinski definition) is 7. The van der Waals surface area contributed by atoms with E-state index in [-0.39, 0.29) is 28.4 Å². The first kappa shape index (κ1) is 15.7. The fourth-order valence-corrected chi connectivity index (χ4v) is 5.84. The number of benzene rings is 1. The standard InChI is InChI=1S/C14H9ClN2O5S2/c15-7-2-1-5(17(20)21)3-6(7)9-10-8(4-22-13(10)18)23-12-11(9)24-14(19)16-12/h1-3,8-10H,4H2,(H,16,19)/t8-,9-,10+/m1/s1. The van der Waals surface area contributed by atoms with E-state index in [0.717, 1.165) is 11.3 Å². The van der Waals surface area contributed by atoms with Gasteiger partial charge in [-0.1, -0.05) is 34.7 Å². The fourth-order valence-electron chi connectivity index (χ4n) is 3.12. The SMILES string of the molecule is O=C1OC[C@H]2Sc3[nH]c(=O)sc3[C@H](c3cc([N+](=O)[O-])ccc3Cl)[C@@H]12. The molecule has 10 heteroatoms. The number of thioether (sulfide) groups is 1. The van der Waals surface area contributed by atoms with Gasteiger partial charge in [0.25, 0.3) is 5.69 Å². The van der Waals surface area contributed by atoms with Crippen molar-refractivity contribution in [3.05, 3.63) is 53.4 Å². The summed E-state index contributed by atoms with van der Waals surface area (Å²) in [5.41, 5.74) is 0.358. The number of ether oxygens (including phenoxy) is 1. The number of hydrogen-bond donors (Lipinski definition) is 1. The van der Waals surface area contributed by atoms with Crippen LogP contribution in [-0.4, -0.2) is 27.7 Å². The van der Waals surface area contributed by atoms with Crippen LogP contribution in [0, 0.1) is 16.0 Å². The van der Waals surface area contributed by atoms with Crippen LogP contribution in [0.4, 0.5) is 5.69 Å². The van der Waals surface area contributed by atoms with E-state index < -0.39 is 16.8 Å². The molecule has 0 spiro atoms. The Morgan fingerprint density at radius 1 is 1.38 bits per heavy atom. The number of nitro groups is 1. The lowest BCUT2D eigenvalue weighted by Gasteiger charge is -2.30. The number of nitrogens with one attached hydrogen (secondary N) is 1. The van der Waals surface area contributed by atoms with Crippen molar-refractivity contribution in [3.8, 4) is 0 Å². The van der Waals surface area contributed by atoms with E-state index in [2.05, 4.69) is 4.98 Å². The van der Waals surface area contributed by atoms with Crippen LogP contribution in [0.25, 0.3) is 0 Å². The summed E-state index contributed by atoms with van der Waals surface area (Å²) in [5.74, 6) is -1.42. The van der Waals surface area contributed by atoms with Gasteiger partial charge >= 0.3 is 10.8 Å². The molecule has 1 aromatic carbocycles. The third-order valence-corrected chi connectivity index (χ3v) is 6.87. The lowest BCUT2D eigenvalue weighted by atomic mass is 9.83. The Kier molecular flexibility index (Phi) is 3.66. The van der Waals surface area contributed by atoms with E-state index in [4.69, 9.17) is 16.3 Å². The van der Waals surface area contributed by atoms with Crippen LogP contribution < -0.4 is 4.87 Å². The van der Waals surface area contributed by atoms with Crippen molar-refractivity contribution < 1.29 is 14.5 Å². The number of esters is 1. The highest BCUT2D eigenvalue weighted by Gasteiger charge is 2.50. The van der Waals surface area contributed by atoms with Gasteiger partial charge in [-0.05, 0) is 11.6 Å². The molecule has 2 aliphatic heterocycles. The highest BCUT2D eigenvalue weighted by atomic mass is 35.5. The molecule has 0 bridgehead atoms. The molecule has 4 rings (SSSR count). The average molecular weight is 385 g/mol. The molecule has 0 saturated carbocycles. The molecular weight excluding hydrogens is 376 g/mol. The number of rotatable bonds is 2. The molecule has 3 heterocycles. The molecule has 1 aromatic heterocycles. The number of thiazole rings is 1. The second-order valence-electron chi connectivity index (χ2n) is 5.46. The Hall–Kier alpha value is -1.84. The van der Waals surface area contributed by atoms with Crippen LogP contribution in [0.5, 0.6) is 0 Å². The van der Waals surface area contributed by atoms with E-state index in [1.54, 1.807) is 0 Å². The smallest absolute Gasteiger partial charge is 0.311 e. The third kappa shape index (κ3) is 2.35. The van der Waals surface area contributed by atoms with Gasteiger partial charge in [0.1, 0.15) is 6.61 Å². The van der Waals surface area contributed by atoms with Gasteiger partial charge in [-0.25, -0.2) is 0 Å². The molecule has 7 nitrogen and oxygen atoms in total. The van der Waals surface area contributed by atoms with Crippen molar-refractivity contribution in [1.82, 2.24) is 4.98 Å². The average Bonchev–Trinajstić information content (AvgIpc) is 3.08. The summed E-state index contributed by atoms with van der Waals surface area (Å²) in [4.78, 5) is 37.8. The molecule has 0 radical (unpaired) electrons. The molecule has 0 aliphatic carbocycles. The Morgan fingerprint density at radius 2 is 2.17 bits per heavy atom. The molecule has 0 unspecified atom stereocenters. The summed E-state index contributed by atoms with van der Waals surface area (Å²) in [6.45, 7) is 0.245. The summed E-state index contributed by atoms with van der Waals surface area (Å²) < 4.78 is 5.18. The third-order valence-electron chi connectivity index (χ3n) is 4.14. The van der Waals surface area contributed by atoms with Gasteiger partial charge in [0.15, 0.2) is 0 Å². The van der Waals surface area contributed by atoms with Crippen molar-refractivity contribution in [3.63, 3.8) is 0 Å². The van der Waals surface area contributed by atoms with Gasteiger partial charge in [-0.15, -0.1) is 0 Å². The number of nitro benzene ring substituents is 1. The zero-order valence-corrected chi connectivity index (χ0v) is 14.2. The van der Waals surface area contributed by atoms with Crippen molar-refractivity contribution in [2.75, 3.05) is 6.61 Å². The highest BCUT2D eigenvalue weighted by Crippen LogP contribution is 2.52. The second kappa shape index (κ2) is 5.61. The lowest BCUT2D eigenvalue weighted by Crippen LogP contribution is -2.30. The van der Waals surface area contributed by atoms with Gasteiger partial charge < -0.3 is 9.72 Å². The van der Waals surface area contributed by atoms with Gasteiger partial charge in [0.05, 0.1) is 21.1 Å². The van der Waals surface area contributed by atoms with Crippen LogP contribution in [-0.2, 0) is 9.53 Å². The minimum atomic E-state index is -0.530. The summed E-state index contributed by atoms with van der Waals surface area (Å²) in [7, 11) is 0. The summed E-state index contributed by atoms with van der Waals surface area (Å²) in [5, 5.41) is 11.9. The van der Waals surface area contributed by atoms with E-state index in [1.807, 2.05) is 0 Å². The minimum Gasteiger partial charge on any atom is -0.464 e. The summed E-state index contributed by atoms with van der Waals surface area (Å²) in [6, 6.07) is 4.13. The maximum absolute atomic E-state index is 12.2. The number of aromatic nitrogens is 1.